The summed E-state index contributed by atoms with van der Waals surface area (Å²) in [6.07, 6.45) is 6.80. The van der Waals surface area contributed by atoms with Crippen molar-refractivity contribution in [2.75, 3.05) is 6.61 Å². The van der Waals surface area contributed by atoms with Crippen LogP contribution in [0, 0.1) is 13.8 Å². The number of rotatable bonds is 6. The molecule has 0 bridgehead atoms. The highest BCUT2D eigenvalue weighted by Crippen LogP contribution is 2.39. The van der Waals surface area contributed by atoms with E-state index in [0.29, 0.717) is 30.1 Å². The highest BCUT2D eigenvalue weighted by molar-refractivity contribution is 5.76. The van der Waals surface area contributed by atoms with Gasteiger partial charge in [0.25, 0.3) is 0 Å². The van der Waals surface area contributed by atoms with Crippen molar-refractivity contribution in [3.63, 3.8) is 0 Å². The molecule has 0 unspecified atom stereocenters. The lowest BCUT2D eigenvalue weighted by atomic mass is 9.89. The van der Waals surface area contributed by atoms with Gasteiger partial charge in [-0.3, -0.25) is 9.78 Å². The van der Waals surface area contributed by atoms with Gasteiger partial charge in [0, 0.05) is 34.9 Å². The van der Waals surface area contributed by atoms with Gasteiger partial charge in [0.2, 0.25) is 0 Å². The SMILES string of the molecule is C=C1/C(F)=C\C=C(\c2c(C)cc(-c3ccccn3)cc2C)CCC[C@H]1Oc1ccc2c(c1)OC[C@H]2CC(=O)O. The van der Waals surface area contributed by atoms with Gasteiger partial charge in [-0.25, -0.2) is 4.39 Å². The van der Waals surface area contributed by atoms with Crippen molar-refractivity contribution in [3.8, 4) is 22.8 Å². The predicted molar refractivity (Wildman–Crippen MR) is 151 cm³/mol. The van der Waals surface area contributed by atoms with Crippen LogP contribution in [0.25, 0.3) is 16.8 Å². The first-order chi connectivity index (χ1) is 18.8. The van der Waals surface area contributed by atoms with Crippen molar-refractivity contribution < 1.29 is 23.8 Å². The summed E-state index contributed by atoms with van der Waals surface area (Å²) in [7, 11) is 0. The number of carbonyl (C=O) groups is 1. The first kappa shape index (κ1) is 26.4. The zero-order valence-electron chi connectivity index (χ0n) is 22.2. The standard InChI is InChI=1S/C33H32FNO4/c1-20-15-24(29-8-4-5-14-35-29)16-21(2)33(20)23-7-6-9-30(22(3)28(34)13-10-23)39-26-11-12-27-25(17-32(36)37)19-38-31(27)18-26/h4-5,8,10-16,18,25,30H,3,6-7,9,17,19H2,1-2H3,(H,36,37)/b23-10+,28-13+/t25-,30-/m1/s1. The number of aryl methyl sites for hydroxylation is 2. The third-order valence-electron chi connectivity index (χ3n) is 7.42. The summed E-state index contributed by atoms with van der Waals surface area (Å²) in [5.74, 6) is -0.274. The van der Waals surface area contributed by atoms with Crippen LogP contribution in [0.2, 0.25) is 0 Å². The largest absolute Gasteiger partial charge is 0.492 e. The molecule has 0 saturated heterocycles. The number of nitrogens with zero attached hydrogens (tertiary/aromatic N) is 1. The Morgan fingerprint density at radius 3 is 2.67 bits per heavy atom. The van der Waals surface area contributed by atoms with Gasteiger partial charge in [0.05, 0.1) is 18.7 Å². The minimum absolute atomic E-state index is 0.0167. The van der Waals surface area contributed by atoms with Gasteiger partial charge in [-0.1, -0.05) is 24.8 Å². The molecule has 0 spiro atoms. The molecule has 0 radical (unpaired) electrons. The fourth-order valence-corrected chi connectivity index (χ4v) is 5.53. The Hall–Kier alpha value is -4.19. The number of pyridine rings is 1. The number of fused-ring (bicyclic) bond motifs is 1. The van der Waals surface area contributed by atoms with Crippen LogP contribution in [0.15, 0.2) is 84.9 Å². The molecule has 2 atom stereocenters. The smallest absolute Gasteiger partial charge is 0.304 e. The van der Waals surface area contributed by atoms with Gasteiger partial charge in [0.15, 0.2) is 0 Å². The van der Waals surface area contributed by atoms with Crippen LogP contribution in [0.3, 0.4) is 0 Å². The molecule has 1 aliphatic carbocycles. The number of hydrogen-bond acceptors (Lipinski definition) is 4. The zero-order valence-corrected chi connectivity index (χ0v) is 22.2. The number of halogens is 1. The van der Waals surface area contributed by atoms with Crippen LogP contribution in [-0.4, -0.2) is 28.8 Å². The Morgan fingerprint density at radius 1 is 1.15 bits per heavy atom. The number of benzene rings is 2. The number of aromatic nitrogens is 1. The molecule has 6 heteroatoms. The molecule has 200 valence electrons. The van der Waals surface area contributed by atoms with E-state index in [1.807, 2.05) is 30.3 Å². The molecule has 39 heavy (non-hydrogen) atoms. The number of allylic oxidation sites excluding steroid dienone is 3. The third-order valence-corrected chi connectivity index (χ3v) is 7.42. The molecule has 1 aliphatic heterocycles. The van der Waals surface area contributed by atoms with E-state index in [2.05, 4.69) is 37.5 Å². The van der Waals surface area contributed by atoms with E-state index in [1.165, 1.54) is 6.08 Å². The molecule has 0 saturated carbocycles. The lowest BCUT2D eigenvalue weighted by Crippen LogP contribution is -2.19. The minimum Gasteiger partial charge on any atom is -0.492 e. The number of ether oxygens (including phenoxy) is 2. The molecule has 0 amide bonds. The summed E-state index contributed by atoms with van der Waals surface area (Å²) >= 11 is 0. The van der Waals surface area contributed by atoms with E-state index in [1.54, 1.807) is 18.3 Å². The third kappa shape index (κ3) is 5.80. The van der Waals surface area contributed by atoms with E-state index in [9.17, 15) is 4.79 Å². The number of carboxylic acids is 1. The van der Waals surface area contributed by atoms with E-state index in [-0.39, 0.29) is 12.3 Å². The van der Waals surface area contributed by atoms with E-state index < -0.39 is 17.9 Å². The summed E-state index contributed by atoms with van der Waals surface area (Å²) in [6.45, 7) is 8.51. The maximum absolute atomic E-state index is 15.3. The fraction of sp³-hybridized carbons (Fsp3) is 0.273. The first-order valence-electron chi connectivity index (χ1n) is 13.2. The first-order valence-corrected chi connectivity index (χ1v) is 13.2. The maximum atomic E-state index is 15.3. The fourth-order valence-electron chi connectivity index (χ4n) is 5.53. The quantitative estimate of drug-likeness (QED) is 0.356. The summed E-state index contributed by atoms with van der Waals surface area (Å²) in [4.78, 5) is 15.6. The van der Waals surface area contributed by atoms with Crippen molar-refractivity contribution in [3.05, 3.63) is 107 Å². The summed E-state index contributed by atoms with van der Waals surface area (Å²) in [5, 5.41) is 9.14. The van der Waals surface area contributed by atoms with Gasteiger partial charge in [-0.2, -0.15) is 0 Å². The summed E-state index contributed by atoms with van der Waals surface area (Å²) < 4.78 is 27.2. The van der Waals surface area contributed by atoms with Crippen molar-refractivity contribution in [1.82, 2.24) is 4.98 Å². The summed E-state index contributed by atoms with van der Waals surface area (Å²) in [5.41, 5.74) is 7.62. The van der Waals surface area contributed by atoms with Crippen molar-refractivity contribution >= 4 is 11.5 Å². The Balaban J connectivity index is 1.33. The normalized spacial score (nSPS) is 21.8. The second-order valence-electron chi connectivity index (χ2n) is 10.2. The minimum atomic E-state index is -0.858. The van der Waals surface area contributed by atoms with Crippen LogP contribution < -0.4 is 9.47 Å². The maximum Gasteiger partial charge on any atom is 0.304 e. The van der Waals surface area contributed by atoms with Crippen LogP contribution in [0.4, 0.5) is 4.39 Å². The molecule has 1 N–H and O–H groups in total. The average molecular weight is 526 g/mol. The Kier molecular flexibility index (Phi) is 7.64. The molecular formula is C33H32FNO4. The zero-order chi connectivity index (χ0) is 27.5. The van der Waals surface area contributed by atoms with Crippen molar-refractivity contribution in [2.45, 2.75) is 51.6 Å². The van der Waals surface area contributed by atoms with Crippen molar-refractivity contribution in [1.29, 1.82) is 0 Å². The molecule has 0 fully saturated rings. The van der Waals surface area contributed by atoms with Crippen LogP contribution in [-0.2, 0) is 4.79 Å². The van der Waals surface area contributed by atoms with Crippen LogP contribution in [0.1, 0.15) is 53.9 Å². The van der Waals surface area contributed by atoms with Crippen LogP contribution >= 0.6 is 0 Å². The Bertz CT molecular complexity index is 1450. The summed E-state index contributed by atoms with van der Waals surface area (Å²) in [6, 6.07) is 15.6. The Labute approximate surface area is 228 Å². The van der Waals surface area contributed by atoms with Crippen molar-refractivity contribution in [2.24, 2.45) is 0 Å². The molecule has 2 heterocycles. The van der Waals surface area contributed by atoms with Gasteiger partial charge in [-0.15, -0.1) is 0 Å². The lowest BCUT2D eigenvalue weighted by molar-refractivity contribution is -0.137. The molecule has 5 nitrogen and oxygen atoms in total. The van der Waals surface area contributed by atoms with E-state index in [4.69, 9.17) is 14.6 Å². The van der Waals surface area contributed by atoms with Gasteiger partial charge < -0.3 is 14.6 Å². The number of aliphatic carboxylic acids is 1. The monoisotopic (exact) mass is 525 g/mol. The van der Waals surface area contributed by atoms with Gasteiger partial charge in [0.1, 0.15) is 23.4 Å². The second kappa shape index (κ2) is 11.3. The van der Waals surface area contributed by atoms with Gasteiger partial charge in [-0.05, 0) is 91.8 Å². The molecule has 3 aromatic rings. The second-order valence-corrected chi connectivity index (χ2v) is 10.2. The molecule has 2 aromatic carbocycles. The highest BCUT2D eigenvalue weighted by atomic mass is 19.1. The van der Waals surface area contributed by atoms with E-state index >= 15 is 4.39 Å². The number of hydrogen-bond donors (Lipinski definition) is 1. The number of carboxylic acid groups (broad SMARTS) is 1. The predicted octanol–water partition coefficient (Wildman–Crippen LogP) is 7.74. The molecule has 2 aliphatic rings. The average Bonchev–Trinajstić information content (AvgIpc) is 3.32. The molecule has 1 aromatic heterocycles. The highest BCUT2D eigenvalue weighted by Gasteiger charge is 2.28. The van der Waals surface area contributed by atoms with Crippen LogP contribution in [0.5, 0.6) is 11.5 Å². The Morgan fingerprint density at radius 2 is 1.95 bits per heavy atom. The topological polar surface area (TPSA) is 68.7 Å². The lowest BCUT2D eigenvalue weighted by Gasteiger charge is -2.21. The molecule has 5 rings (SSSR count). The molecular weight excluding hydrogens is 493 g/mol. The van der Waals surface area contributed by atoms with Gasteiger partial charge >= 0.3 is 5.97 Å². The van der Waals surface area contributed by atoms with E-state index in [0.717, 1.165) is 51.9 Å².